The SMILES string of the molecule is CCOC(=O)CCN(CC1=C(C(=O)OCC)C(c2ccccc2)NC(=O)N1)CC1CC1. The molecule has 2 aliphatic rings. The van der Waals surface area contributed by atoms with Crippen molar-refractivity contribution in [3.63, 3.8) is 0 Å². The molecule has 1 heterocycles. The molecule has 1 aromatic carbocycles. The highest BCUT2D eigenvalue weighted by molar-refractivity contribution is 5.95. The van der Waals surface area contributed by atoms with E-state index in [1.54, 1.807) is 13.8 Å². The van der Waals surface area contributed by atoms with Crippen molar-refractivity contribution in [2.24, 2.45) is 5.92 Å². The molecule has 8 heteroatoms. The fourth-order valence-corrected chi connectivity index (χ4v) is 3.69. The first-order valence-corrected chi connectivity index (χ1v) is 10.9. The van der Waals surface area contributed by atoms with Crippen LogP contribution in [0.25, 0.3) is 0 Å². The summed E-state index contributed by atoms with van der Waals surface area (Å²) in [6.45, 7) is 5.76. The number of amides is 2. The number of carbonyl (C=O) groups excluding carboxylic acids is 3. The molecule has 1 atom stereocenters. The summed E-state index contributed by atoms with van der Waals surface area (Å²) < 4.78 is 10.4. The van der Waals surface area contributed by atoms with Crippen molar-refractivity contribution in [1.82, 2.24) is 15.5 Å². The topological polar surface area (TPSA) is 97.0 Å². The van der Waals surface area contributed by atoms with E-state index in [9.17, 15) is 14.4 Å². The third-order valence-corrected chi connectivity index (χ3v) is 5.31. The van der Waals surface area contributed by atoms with E-state index in [0.29, 0.717) is 36.9 Å². The largest absolute Gasteiger partial charge is 0.466 e. The van der Waals surface area contributed by atoms with Crippen LogP contribution in [0.2, 0.25) is 0 Å². The molecule has 0 bridgehead atoms. The molecule has 0 aromatic heterocycles. The Labute approximate surface area is 183 Å². The predicted molar refractivity (Wildman–Crippen MR) is 115 cm³/mol. The first kappa shape index (κ1) is 22.8. The van der Waals surface area contributed by atoms with Gasteiger partial charge in [0, 0.05) is 25.3 Å². The van der Waals surface area contributed by atoms with Crippen LogP contribution in [0.15, 0.2) is 41.6 Å². The molecule has 1 unspecified atom stereocenters. The van der Waals surface area contributed by atoms with Gasteiger partial charge in [-0.15, -0.1) is 0 Å². The Morgan fingerprint density at radius 2 is 1.81 bits per heavy atom. The lowest BCUT2D eigenvalue weighted by Crippen LogP contribution is -2.48. The van der Waals surface area contributed by atoms with Gasteiger partial charge in [-0.1, -0.05) is 30.3 Å². The molecule has 1 aliphatic heterocycles. The molecule has 1 aliphatic carbocycles. The standard InChI is InChI=1S/C23H31N3O5/c1-3-30-19(27)12-13-26(14-16-10-11-16)15-18-20(22(28)31-4-2)21(25-23(29)24-18)17-8-6-5-7-9-17/h5-9,16,21H,3-4,10-15H2,1-2H3,(H2,24,25,29). The summed E-state index contributed by atoms with van der Waals surface area (Å²) in [6, 6.07) is 8.39. The highest BCUT2D eigenvalue weighted by Crippen LogP contribution is 2.31. The molecule has 0 spiro atoms. The minimum absolute atomic E-state index is 0.236. The van der Waals surface area contributed by atoms with E-state index in [2.05, 4.69) is 15.5 Å². The first-order chi connectivity index (χ1) is 15.0. The van der Waals surface area contributed by atoms with Gasteiger partial charge in [0.25, 0.3) is 0 Å². The third kappa shape index (κ3) is 6.55. The van der Waals surface area contributed by atoms with Crippen LogP contribution in [0.5, 0.6) is 0 Å². The van der Waals surface area contributed by atoms with Gasteiger partial charge in [-0.05, 0) is 38.2 Å². The van der Waals surface area contributed by atoms with Crippen LogP contribution in [0.4, 0.5) is 4.79 Å². The molecule has 1 aromatic rings. The number of hydrogen-bond acceptors (Lipinski definition) is 6. The highest BCUT2D eigenvalue weighted by atomic mass is 16.5. The van der Waals surface area contributed by atoms with E-state index in [0.717, 1.165) is 24.9 Å². The van der Waals surface area contributed by atoms with Crippen LogP contribution in [0.3, 0.4) is 0 Å². The molecule has 168 valence electrons. The van der Waals surface area contributed by atoms with Gasteiger partial charge in [-0.25, -0.2) is 9.59 Å². The zero-order valence-electron chi connectivity index (χ0n) is 18.2. The normalized spacial score (nSPS) is 18.4. The Morgan fingerprint density at radius 3 is 2.45 bits per heavy atom. The van der Waals surface area contributed by atoms with E-state index in [1.807, 2.05) is 30.3 Å². The lowest BCUT2D eigenvalue weighted by atomic mass is 9.95. The average Bonchev–Trinajstić information content (AvgIpc) is 3.56. The number of ether oxygens (including phenoxy) is 2. The van der Waals surface area contributed by atoms with Crippen LogP contribution in [-0.4, -0.2) is 55.7 Å². The summed E-state index contributed by atoms with van der Waals surface area (Å²) in [5.41, 5.74) is 1.71. The minimum atomic E-state index is -0.600. The van der Waals surface area contributed by atoms with Crippen LogP contribution in [-0.2, 0) is 19.1 Å². The predicted octanol–water partition coefficient (Wildman–Crippen LogP) is 2.52. The van der Waals surface area contributed by atoms with Crippen LogP contribution in [0.1, 0.15) is 44.7 Å². The van der Waals surface area contributed by atoms with Crippen molar-refractivity contribution in [1.29, 1.82) is 0 Å². The Hall–Kier alpha value is -2.87. The van der Waals surface area contributed by atoms with Crippen molar-refractivity contribution < 1.29 is 23.9 Å². The van der Waals surface area contributed by atoms with E-state index in [1.165, 1.54) is 0 Å². The number of nitrogens with one attached hydrogen (secondary N) is 2. The molecule has 8 nitrogen and oxygen atoms in total. The first-order valence-electron chi connectivity index (χ1n) is 10.9. The van der Waals surface area contributed by atoms with Crippen LogP contribution in [0, 0.1) is 5.92 Å². The molecule has 2 amide bonds. The maximum Gasteiger partial charge on any atom is 0.338 e. The average molecular weight is 430 g/mol. The highest BCUT2D eigenvalue weighted by Gasteiger charge is 2.35. The summed E-state index contributed by atoms with van der Waals surface area (Å²) >= 11 is 0. The van der Waals surface area contributed by atoms with Crippen molar-refractivity contribution >= 4 is 18.0 Å². The number of urea groups is 1. The van der Waals surface area contributed by atoms with Gasteiger partial charge in [0.2, 0.25) is 0 Å². The van der Waals surface area contributed by atoms with Gasteiger partial charge >= 0.3 is 18.0 Å². The third-order valence-electron chi connectivity index (χ3n) is 5.31. The molecule has 1 saturated carbocycles. The maximum absolute atomic E-state index is 12.9. The number of benzene rings is 1. The second kappa shape index (κ2) is 10.9. The lowest BCUT2D eigenvalue weighted by molar-refractivity contribution is -0.143. The van der Waals surface area contributed by atoms with Gasteiger partial charge in [0.1, 0.15) is 0 Å². The van der Waals surface area contributed by atoms with E-state index in [-0.39, 0.29) is 25.0 Å². The Kier molecular flexibility index (Phi) is 8.06. The minimum Gasteiger partial charge on any atom is -0.466 e. The Morgan fingerprint density at radius 1 is 1.10 bits per heavy atom. The number of hydrogen-bond donors (Lipinski definition) is 2. The number of nitrogens with zero attached hydrogens (tertiary/aromatic N) is 1. The monoisotopic (exact) mass is 429 g/mol. The summed E-state index contributed by atoms with van der Waals surface area (Å²) in [7, 11) is 0. The van der Waals surface area contributed by atoms with Crippen molar-refractivity contribution in [2.75, 3.05) is 32.8 Å². The summed E-state index contributed by atoms with van der Waals surface area (Å²) in [5.74, 6) is -0.133. The molecule has 0 radical (unpaired) electrons. The number of esters is 2. The van der Waals surface area contributed by atoms with Gasteiger partial charge in [-0.2, -0.15) is 0 Å². The molecule has 31 heavy (non-hydrogen) atoms. The fraction of sp³-hybridized carbons (Fsp3) is 0.522. The molecular weight excluding hydrogens is 398 g/mol. The van der Waals surface area contributed by atoms with E-state index >= 15 is 0 Å². The molecule has 0 saturated heterocycles. The van der Waals surface area contributed by atoms with Gasteiger partial charge in [0.15, 0.2) is 0 Å². The second-order valence-electron chi connectivity index (χ2n) is 7.79. The Balaban J connectivity index is 1.88. The zero-order valence-corrected chi connectivity index (χ0v) is 18.2. The Bertz CT molecular complexity index is 820. The maximum atomic E-state index is 12.9. The zero-order chi connectivity index (χ0) is 22.2. The van der Waals surface area contributed by atoms with Crippen LogP contribution >= 0.6 is 0 Å². The quantitative estimate of drug-likeness (QED) is 0.525. The van der Waals surface area contributed by atoms with E-state index in [4.69, 9.17) is 9.47 Å². The molecule has 3 rings (SSSR count). The smallest absolute Gasteiger partial charge is 0.338 e. The molecule has 2 N–H and O–H groups in total. The summed E-state index contributed by atoms with van der Waals surface area (Å²) in [5, 5.41) is 5.66. The lowest BCUT2D eigenvalue weighted by Gasteiger charge is -2.32. The van der Waals surface area contributed by atoms with Crippen molar-refractivity contribution in [2.45, 2.75) is 39.2 Å². The summed E-state index contributed by atoms with van der Waals surface area (Å²) in [6.07, 6.45) is 2.57. The van der Waals surface area contributed by atoms with Crippen LogP contribution < -0.4 is 10.6 Å². The summed E-state index contributed by atoms with van der Waals surface area (Å²) in [4.78, 5) is 39.3. The van der Waals surface area contributed by atoms with E-state index < -0.39 is 12.0 Å². The van der Waals surface area contributed by atoms with Gasteiger partial charge in [0.05, 0.1) is 31.2 Å². The molecule has 1 fully saturated rings. The van der Waals surface area contributed by atoms with Crippen molar-refractivity contribution in [3.05, 3.63) is 47.2 Å². The van der Waals surface area contributed by atoms with Gasteiger partial charge in [-0.3, -0.25) is 9.69 Å². The fourth-order valence-electron chi connectivity index (χ4n) is 3.69. The molecular formula is C23H31N3O5. The van der Waals surface area contributed by atoms with Gasteiger partial charge < -0.3 is 20.1 Å². The number of carbonyl (C=O) groups is 3. The second-order valence-corrected chi connectivity index (χ2v) is 7.79. The van der Waals surface area contributed by atoms with Crippen molar-refractivity contribution in [3.8, 4) is 0 Å². The number of rotatable bonds is 11.